The average molecular weight is 509 g/mol. The molecule has 0 atom stereocenters. The Labute approximate surface area is 183 Å². The van der Waals surface area contributed by atoms with Gasteiger partial charge in [0, 0.05) is 15.8 Å². The van der Waals surface area contributed by atoms with E-state index in [0.29, 0.717) is 11.3 Å². The predicted octanol–water partition coefficient (Wildman–Crippen LogP) is 3.68. The summed E-state index contributed by atoms with van der Waals surface area (Å²) in [5.74, 6) is -0.588. The molecule has 0 unspecified atom stereocenters. The van der Waals surface area contributed by atoms with Crippen molar-refractivity contribution >= 4 is 46.2 Å². The molecule has 0 aliphatic heterocycles. The van der Waals surface area contributed by atoms with E-state index in [2.05, 4.69) is 38.5 Å². The van der Waals surface area contributed by atoms with Crippen LogP contribution in [0.5, 0.6) is 0 Å². The molecule has 0 saturated carbocycles. The van der Waals surface area contributed by atoms with Crippen molar-refractivity contribution in [2.75, 3.05) is 11.9 Å². The minimum absolute atomic E-state index is 0.203. The van der Waals surface area contributed by atoms with Gasteiger partial charge in [0.2, 0.25) is 5.91 Å². The predicted molar refractivity (Wildman–Crippen MR) is 120 cm³/mol. The Morgan fingerprint density at radius 1 is 0.966 bits per heavy atom. The number of alkyl carbamates (subject to hydrolysis) is 1. The molecule has 0 aliphatic carbocycles. The van der Waals surface area contributed by atoms with Crippen LogP contribution in [0.2, 0.25) is 0 Å². The van der Waals surface area contributed by atoms with Gasteiger partial charge in [0.25, 0.3) is 5.91 Å². The third-order valence-electron chi connectivity index (χ3n) is 3.65. The van der Waals surface area contributed by atoms with Crippen molar-refractivity contribution in [2.45, 2.75) is 32.9 Å². The number of amides is 3. The first-order valence-corrected chi connectivity index (χ1v) is 10.1. The lowest BCUT2D eigenvalue weighted by Crippen LogP contribution is -2.39. The van der Waals surface area contributed by atoms with Gasteiger partial charge in [0.15, 0.2) is 0 Å². The SMILES string of the molecule is CC(C)(C)OC(=O)NCC(=O)NCc1ccccc1NC(=O)c1ccccc1I. The molecule has 0 spiro atoms. The van der Waals surface area contributed by atoms with Crippen LogP contribution in [0.15, 0.2) is 48.5 Å². The first-order chi connectivity index (χ1) is 13.7. The summed E-state index contributed by atoms with van der Waals surface area (Å²) < 4.78 is 5.94. The van der Waals surface area contributed by atoms with Gasteiger partial charge in [-0.25, -0.2) is 4.79 Å². The highest BCUT2D eigenvalue weighted by atomic mass is 127. The van der Waals surface area contributed by atoms with Gasteiger partial charge >= 0.3 is 6.09 Å². The van der Waals surface area contributed by atoms with Crippen LogP contribution in [0.4, 0.5) is 10.5 Å². The zero-order chi connectivity index (χ0) is 21.4. The molecule has 2 aromatic rings. The first-order valence-electron chi connectivity index (χ1n) is 9.03. The lowest BCUT2D eigenvalue weighted by Gasteiger charge is -2.19. The number of carbonyl (C=O) groups excluding carboxylic acids is 3. The van der Waals surface area contributed by atoms with E-state index in [0.717, 1.165) is 9.13 Å². The Bertz CT molecular complexity index is 893. The zero-order valence-electron chi connectivity index (χ0n) is 16.5. The number of benzene rings is 2. The Morgan fingerprint density at radius 3 is 2.31 bits per heavy atom. The van der Waals surface area contributed by atoms with Crippen LogP contribution in [0.25, 0.3) is 0 Å². The summed E-state index contributed by atoms with van der Waals surface area (Å²) in [5, 5.41) is 8.01. The number of rotatable bonds is 6. The van der Waals surface area contributed by atoms with Gasteiger partial charge in [-0.1, -0.05) is 30.3 Å². The van der Waals surface area contributed by atoms with Crippen molar-refractivity contribution in [1.82, 2.24) is 10.6 Å². The highest BCUT2D eigenvalue weighted by Gasteiger charge is 2.17. The Kier molecular flexibility index (Phi) is 8.00. The molecule has 0 saturated heterocycles. The summed E-state index contributed by atoms with van der Waals surface area (Å²) >= 11 is 2.11. The van der Waals surface area contributed by atoms with Gasteiger partial charge in [-0.05, 0) is 67.1 Å². The summed E-state index contributed by atoms with van der Waals surface area (Å²) in [4.78, 5) is 36.2. The number of nitrogens with one attached hydrogen (secondary N) is 3. The van der Waals surface area contributed by atoms with Crippen molar-refractivity contribution < 1.29 is 19.1 Å². The van der Waals surface area contributed by atoms with Gasteiger partial charge in [0.05, 0.1) is 5.56 Å². The zero-order valence-corrected chi connectivity index (χ0v) is 18.7. The van der Waals surface area contributed by atoms with Crippen LogP contribution in [0, 0.1) is 3.57 Å². The van der Waals surface area contributed by atoms with Gasteiger partial charge in [-0.3, -0.25) is 9.59 Å². The molecule has 2 aromatic carbocycles. The fraction of sp³-hybridized carbons (Fsp3) is 0.286. The van der Waals surface area contributed by atoms with Crippen LogP contribution < -0.4 is 16.0 Å². The molecular weight excluding hydrogens is 485 g/mol. The Morgan fingerprint density at radius 2 is 1.62 bits per heavy atom. The van der Waals surface area contributed by atoms with Crippen molar-refractivity contribution in [1.29, 1.82) is 0 Å². The van der Waals surface area contributed by atoms with E-state index in [4.69, 9.17) is 4.74 Å². The number of para-hydroxylation sites is 1. The third kappa shape index (κ3) is 7.72. The molecule has 154 valence electrons. The van der Waals surface area contributed by atoms with Crippen LogP contribution >= 0.6 is 22.6 Å². The molecule has 29 heavy (non-hydrogen) atoms. The molecule has 0 bridgehead atoms. The number of anilines is 1. The fourth-order valence-corrected chi connectivity index (χ4v) is 2.99. The number of carbonyl (C=O) groups is 3. The lowest BCUT2D eigenvalue weighted by atomic mass is 10.1. The fourth-order valence-electron chi connectivity index (χ4n) is 2.35. The molecule has 0 aliphatic rings. The van der Waals surface area contributed by atoms with E-state index in [1.807, 2.05) is 24.3 Å². The molecule has 2 rings (SSSR count). The largest absolute Gasteiger partial charge is 0.444 e. The number of halogens is 1. The molecule has 3 N–H and O–H groups in total. The van der Waals surface area contributed by atoms with E-state index < -0.39 is 11.7 Å². The van der Waals surface area contributed by atoms with E-state index >= 15 is 0 Å². The summed E-state index contributed by atoms with van der Waals surface area (Å²) in [6.45, 7) is 5.24. The van der Waals surface area contributed by atoms with Crippen molar-refractivity contribution in [3.63, 3.8) is 0 Å². The maximum atomic E-state index is 12.6. The van der Waals surface area contributed by atoms with Crippen molar-refractivity contribution in [3.8, 4) is 0 Å². The minimum atomic E-state index is -0.655. The molecule has 0 aromatic heterocycles. The summed E-state index contributed by atoms with van der Waals surface area (Å²) in [6.07, 6.45) is -0.655. The van der Waals surface area contributed by atoms with E-state index in [9.17, 15) is 14.4 Å². The molecule has 3 amide bonds. The molecular formula is C21H24IN3O4. The molecule has 0 fully saturated rings. The molecule has 8 heteroatoms. The Hall–Kier alpha value is -2.62. The summed E-state index contributed by atoms with van der Waals surface area (Å²) in [7, 11) is 0. The Balaban J connectivity index is 1.92. The van der Waals surface area contributed by atoms with Gasteiger partial charge in [0.1, 0.15) is 12.1 Å². The van der Waals surface area contributed by atoms with Crippen LogP contribution in [-0.4, -0.2) is 30.1 Å². The summed E-state index contributed by atoms with van der Waals surface area (Å²) in [6, 6.07) is 14.5. The monoisotopic (exact) mass is 509 g/mol. The van der Waals surface area contributed by atoms with Gasteiger partial charge < -0.3 is 20.7 Å². The molecule has 0 radical (unpaired) electrons. The van der Waals surface area contributed by atoms with E-state index in [1.165, 1.54) is 0 Å². The second kappa shape index (κ2) is 10.2. The maximum absolute atomic E-state index is 12.6. The topological polar surface area (TPSA) is 96.5 Å². The van der Waals surface area contributed by atoms with Crippen LogP contribution in [0.3, 0.4) is 0 Å². The van der Waals surface area contributed by atoms with Crippen molar-refractivity contribution in [3.05, 3.63) is 63.2 Å². The normalized spacial score (nSPS) is 10.8. The van der Waals surface area contributed by atoms with Crippen LogP contribution in [0.1, 0.15) is 36.7 Å². The van der Waals surface area contributed by atoms with Gasteiger partial charge in [-0.15, -0.1) is 0 Å². The maximum Gasteiger partial charge on any atom is 0.408 e. The molecule has 7 nitrogen and oxygen atoms in total. The molecule has 0 heterocycles. The highest BCUT2D eigenvalue weighted by Crippen LogP contribution is 2.18. The van der Waals surface area contributed by atoms with Crippen LogP contribution in [-0.2, 0) is 16.1 Å². The van der Waals surface area contributed by atoms with E-state index in [-0.39, 0.29) is 24.9 Å². The second-order valence-electron chi connectivity index (χ2n) is 7.22. The quantitative estimate of drug-likeness (QED) is 0.518. The standard InChI is InChI=1S/C21H24IN3O4/c1-21(2,3)29-20(28)24-13-18(26)23-12-14-8-4-7-11-17(14)25-19(27)15-9-5-6-10-16(15)22/h4-11H,12-13H2,1-3H3,(H,23,26)(H,24,28)(H,25,27). The minimum Gasteiger partial charge on any atom is -0.444 e. The lowest BCUT2D eigenvalue weighted by molar-refractivity contribution is -0.120. The number of hydrogen-bond donors (Lipinski definition) is 3. The number of ether oxygens (including phenoxy) is 1. The third-order valence-corrected chi connectivity index (χ3v) is 4.59. The smallest absolute Gasteiger partial charge is 0.408 e. The average Bonchev–Trinajstić information content (AvgIpc) is 2.64. The van der Waals surface area contributed by atoms with Crippen molar-refractivity contribution in [2.24, 2.45) is 0 Å². The highest BCUT2D eigenvalue weighted by molar-refractivity contribution is 14.1. The number of hydrogen-bond acceptors (Lipinski definition) is 4. The van der Waals surface area contributed by atoms with E-state index in [1.54, 1.807) is 45.0 Å². The summed E-state index contributed by atoms with van der Waals surface area (Å²) in [5.41, 5.74) is 1.30. The first kappa shape index (κ1) is 22.7. The van der Waals surface area contributed by atoms with Gasteiger partial charge in [-0.2, -0.15) is 0 Å². The second-order valence-corrected chi connectivity index (χ2v) is 8.39.